The van der Waals surface area contributed by atoms with E-state index in [1.165, 1.54) is 6.33 Å². The highest BCUT2D eigenvalue weighted by molar-refractivity contribution is 6.34. The van der Waals surface area contributed by atoms with Gasteiger partial charge in [0.2, 0.25) is 0 Å². The Balaban J connectivity index is 2.65. The molecule has 0 amide bonds. The van der Waals surface area contributed by atoms with Gasteiger partial charge in [0.1, 0.15) is 11.8 Å². The van der Waals surface area contributed by atoms with Gasteiger partial charge in [-0.3, -0.25) is 0 Å². The van der Waals surface area contributed by atoms with E-state index in [9.17, 15) is 0 Å². The van der Waals surface area contributed by atoms with Crippen LogP contribution in [0.5, 0.6) is 5.75 Å². The Morgan fingerprint density at radius 3 is 2.80 bits per heavy atom. The summed E-state index contributed by atoms with van der Waals surface area (Å²) in [6.45, 7) is 2.39. The fourth-order valence-electron chi connectivity index (χ4n) is 1.17. The number of halogens is 2. The highest BCUT2D eigenvalue weighted by atomic mass is 35.5. The van der Waals surface area contributed by atoms with Crippen molar-refractivity contribution >= 4 is 34.2 Å². The predicted molar refractivity (Wildman–Crippen MR) is 58.5 cm³/mol. The van der Waals surface area contributed by atoms with Crippen molar-refractivity contribution < 1.29 is 4.74 Å². The molecule has 0 aromatic carbocycles. The fraction of sp³-hybridized carbons (Fsp3) is 0.222. The molecule has 0 fully saturated rings. The van der Waals surface area contributed by atoms with E-state index in [1.54, 1.807) is 6.07 Å². The van der Waals surface area contributed by atoms with E-state index in [-0.39, 0.29) is 10.3 Å². The van der Waals surface area contributed by atoms with Crippen LogP contribution in [0.1, 0.15) is 6.92 Å². The first-order chi connectivity index (χ1) is 7.22. The lowest BCUT2D eigenvalue weighted by molar-refractivity contribution is 0.339. The van der Waals surface area contributed by atoms with Gasteiger partial charge >= 0.3 is 0 Å². The zero-order valence-corrected chi connectivity index (χ0v) is 9.38. The molecular formula is C9H7Cl2N3O. The van der Waals surface area contributed by atoms with Crippen molar-refractivity contribution in [3.05, 3.63) is 22.7 Å². The van der Waals surface area contributed by atoms with Gasteiger partial charge in [0.05, 0.1) is 12.1 Å². The molecular weight excluding hydrogens is 237 g/mol. The van der Waals surface area contributed by atoms with Crippen LogP contribution in [0.3, 0.4) is 0 Å². The molecule has 2 rings (SSSR count). The first-order valence-electron chi connectivity index (χ1n) is 4.32. The van der Waals surface area contributed by atoms with E-state index in [1.807, 2.05) is 6.92 Å². The van der Waals surface area contributed by atoms with Crippen molar-refractivity contribution in [3.8, 4) is 5.75 Å². The zero-order valence-electron chi connectivity index (χ0n) is 7.87. The maximum Gasteiger partial charge on any atom is 0.171 e. The van der Waals surface area contributed by atoms with Crippen LogP contribution in [0, 0.1) is 0 Å². The summed E-state index contributed by atoms with van der Waals surface area (Å²) in [6, 6.07) is 1.70. The molecule has 2 aromatic rings. The molecule has 0 aliphatic rings. The normalized spacial score (nSPS) is 10.6. The Kier molecular flexibility index (Phi) is 2.88. The van der Waals surface area contributed by atoms with Crippen LogP contribution in [-0.2, 0) is 0 Å². The average Bonchev–Trinajstić information content (AvgIpc) is 2.21. The Hall–Kier alpha value is -1.13. The summed E-state index contributed by atoms with van der Waals surface area (Å²) in [7, 11) is 0. The quantitative estimate of drug-likeness (QED) is 0.602. The average molecular weight is 244 g/mol. The number of pyridine rings is 1. The van der Waals surface area contributed by atoms with Crippen LogP contribution >= 0.6 is 23.2 Å². The molecule has 0 N–H and O–H groups in total. The fourth-order valence-corrected chi connectivity index (χ4v) is 1.55. The standard InChI is InChI=1S/C9H7Cl2N3O/c1-2-15-6-3-5-7(14-8(6)10)9(11)13-4-12-5/h3-4H,2H2,1H3. The molecule has 6 heteroatoms. The van der Waals surface area contributed by atoms with Gasteiger partial charge in [0, 0.05) is 6.07 Å². The van der Waals surface area contributed by atoms with E-state index in [4.69, 9.17) is 27.9 Å². The Morgan fingerprint density at radius 2 is 2.07 bits per heavy atom. The summed E-state index contributed by atoms with van der Waals surface area (Å²) < 4.78 is 5.29. The second kappa shape index (κ2) is 4.16. The third-order valence-corrected chi connectivity index (χ3v) is 2.33. The van der Waals surface area contributed by atoms with E-state index >= 15 is 0 Å². The lowest BCUT2D eigenvalue weighted by Gasteiger charge is -2.06. The summed E-state index contributed by atoms with van der Waals surface area (Å²) in [6.07, 6.45) is 1.37. The Bertz CT molecular complexity index is 504. The van der Waals surface area contributed by atoms with E-state index in [2.05, 4.69) is 15.0 Å². The van der Waals surface area contributed by atoms with E-state index in [0.717, 1.165) is 0 Å². The summed E-state index contributed by atoms with van der Waals surface area (Å²) in [5, 5.41) is 0.547. The summed E-state index contributed by atoms with van der Waals surface area (Å²) >= 11 is 11.7. The predicted octanol–water partition coefficient (Wildman–Crippen LogP) is 2.73. The van der Waals surface area contributed by atoms with Gasteiger partial charge in [0.25, 0.3) is 0 Å². The van der Waals surface area contributed by atoms with Gasteiger partial charge in [-0.1, -0.05) is 23.2 Å². The molecule has 0 spiro atoms. The molecule has 0 aliphatic heterocycles. The molecule has 0 radical (unpaired) electrons. The topological polar surface area (TPSA) is 47.9 Å². The molecule has 0 atom stereocenters. The summed E-state index contributed by atoms with van der Waals surface area (Å²) in [4.78, 5) is 11.9. The number of nitrogens with zero attached hydrogens (tertiary/aromatic N) is 3. The van der Waals surface area contributed by atoms with Gasteiger partial charge in [-0.2, -0.15) is 0 Å². The maximum absolute atomic E-state index is 5.90. The van der Waals surface area contributed by atoms with Crippen LogP contribution in [-0.4, -0.2) is 21.6 Å². The second-order valence-electron chi connectivity index (χ2n) is 2.74. The highest BCUT2D eigenvalue weighted by Crippen LogP contribution is 2.28. The molecule has 15 heavy (non-hydrogen) atoms. The van der Waals surface area contributed by atoms with Crippen molar-refractivity contribution in [2.75, 3.05) is 6.61 Å². The Labute approximate surface area is 96.2 Å². The van der Waals surface area contributed by atoms with Crippen molar-refractivity contribution in [1.29, 1.82) is 0 Å². The SMILES string of the molecule is CCOc1cc2ncnc(Cl)c2nc1Cl. The van der Waals surface area contributed by atoms with Crippen LogP contribution in [0.2, 0.25) is 10.3 Å². The van der Waals surface area contributed by atoms with Crippen LogP contribution in [0.15, 0.2) is 12.4 Å². The minimum Gasteiger partial charge on any atom is -0.491 e. The molecule has 0 unspecified atom stereocenters. The third kappa shape index (κ3) is 1.96. The van der Waals surface area contributed by atoms with Crippen LogP contribution < -0.4 is 4.74 Å². The molecule has 2 aromatic heterocycles. The van der Waals surface area contributed by atoms with E-state index in [0.29, 0.717) is 23.4 Å². The third-order valence-electron chi connectivity index (χ3n) is 1.79. The first kappa shape index (κ1) is 10.4. The number of hydrogen-bond acceptors (Lipinski definition) is 4. The van der Waals surface area contributed by atoms with E-state index < -0.39 is 0 Å². The zero-order chi connectivity index (χ0) is 10.8. The van der Waals surface area contributed by atoms with Crippen LogP contribution in [0.25, 0.3) is 11.0 Å². The largest absolute Gasteiger partial charge is 0.491 e. The summed E-state index contributed by atoms with van der Waals surface area (Å²) in [5.74, 6) is 0.501. The number of aromatic nitrogens is 3. The van der Waals surface area contributed by atoms with Crippen molar-refractivity contribution in [1.82, 2.24) is 15.0 Å². The molecule has 0 bridgehead atoms. The number of fused-ring (bicyclic) bond motifs is 1. The van der Waals surface area contributed by atoms with Gasteiger partial charge in [-0.15, -0.1) is 0 Å². The Morgan fingerprint density at radius 1 is 1.27 bits per heavy atom. The van der Waals surface area contributed by atoms with Gasteiger partial charge in [-0.05, 0) is 6.92 Å². The lowest BCUT2D eigenvalue weighted by Crippen LogP contribution is -1.95. The molecule has 4 nitrogen and oxygen atoms in total. The number of hydrogen-bond donors (Lipinski definition) is 0. The number of rotatable bonds is 2. The van der Waals surface area contributed by atoms with Crippen molar-refractivity contribution in [3.63, 3.8) is 0 Å². The number of ether oxygens (including phenoxy) is 1. The molecule has 0 saturated carbocycles. The smallest absolute Gasteiger partial charge is 0.171 e. The van der Waals surface area contributed by atoms with Gasteiger partial charge < -0.3 is 4.74 Å². The lowest BCUT2D eigenvalue weighted by atomic mass is 10.3. The van der Waals surface area contributed by atoms with Crippen molar-refractivity contribution in [2.45, 2.75) is 6.92 Å². The first-order valence-corrected chi connectivity index (χ1v) is 5.07. The molecule has 78 valence electrons. The molecule has 0 aliphatic carbocycles. The molecule has 0 saturated heterocycles. The summed E-state index contributed by atoms with van der Waals surface area (Å²) in [5.41, 5.74) is 1.09. The molecule has 2 heterocycles. The maximum atomic E-state index is 5.90. The van der Waals surface area contributed by atoms with Gasteiger partial charge in [0.15, 0.2) is 16.1 Å². The van der Waals surface area contributed by atoms with Crippen molar-refractivity contribution in [2.24, 2.45) is 0 Å². The minimum atomic E-state index is 0.265. The minimum absolute atomic E-state index is 0.265. The highest BCUT2D eigenvalue weighted by Gasteiger charge is 2.09. The second-order valence-corrected chi connectivity index (χ2v) is 3.46. The van der Waals surface area contributed by atoms with Gasteiger partial charge in [-0.25, -0.2) is 15.0 Å². The monoisotopic (exact) mass is 243 g/mol. The van der Waals surface area contributed by atoms with Crippen LogP contribution in [0.4, 0.5) is 0 Å².